The first-order chi connectivity index (χ1) is 14.7. The fraction of sp³-hybridized carbons (Fsp3) is 0.280. The highest BCUT2D eigenvalue weighted by Crippen LogP contribution is 2.34. The first kappa shape index (κ1) is 19.0. The molecule has 3 aromatic heterocycles. The van der Waals surface area contributed by atoms with Crippen LogP contribution in [-0.2, 0) is 6.54 Å². The molecule has 1 atom stereocenters. The Labute approximate surface area is 181 Å². The van der Waals surface area contributed by atoms with Crippen molar-refractivity contribution in [2.75, 3.05) is 20.1 Å². The number of fused-ring (bicyclic) bond motifs is 1. The van der Waals surface area contributed by atoms with Gasteiger partial charge in [0.2, 0.25) is 0 Å². The Balaban J connectivity index is 1.59. The van der Waals surface area contributed by atoms with Crippen molar-refractivity contribution in [3.8, 4) is 28.3 Å². The zero-order valence-electron chi connectivity index (χ0n) is 17.1. The molecular weight excluding hydrogens is 388 g/mol. The molecule has 1 fully saturated rings. The van der Waals surface area contributed by atoms with E-state index in [9.17, 15) is 5.26 Å². The standard InChI is InChI=1S/C25H24N4S/c1-28-7-2-3-19(14-28)15-29-16-24(23-9-18(11-26)4-5-25(23)29)22-10-21(12-27-13-22)20-6-8-30-17-20/h4-6,8-10,12-13,16-17,19H,2-3,7,14-15H2,1H3. The molecule has 0 N–H and O–H groups in total. The van der Waals surface area contributed by atoms with Crippen LogP contribution in [-0.4, -0.2) is 34.6 Å². The summed E-state index contributed by atoms with van der Waals surface area (Å²) in [4.78, 5) is 6.96. The number of hydrogen-bond acceptors (Lipinski definition) is 4. The highest BCUT2D eigenvalue weighted by molar-refractivity contribution is 7.08. The maximum atomic E-state index is 9.45. The second kappa shape index (κ2) is 8.06. The van der Waals surface area contributed by atoms with Gasteiger partial charge < -0.3 is 9.47 Å². The molecule has 150 valence electrons. The van der Waals surface area contributed by atoms with Gasteiger partial charge in [0.05, 0.1) is 11.6 Å². The van der Waals surface area contributed by atoms with Crippen molar-refractivity contribution < 1.29 is 0 Å². The van der Waals surface area contributed by atoms with Gasteiger partial charge in [-0.25, -0.2) is 0 Å². The monoisotopic (exact) mass is 412 g/mol. The number of nitrogens with zero attached hydrogens (tertiary/aromatic N) is 4. The summed E-state index contributed by atoms with van der Waals surface area (Å²) in [5.74, 6) is 0.651. The van der Waals surface area contributed by atoms with Gasteiger partial charge in [0, 0.05) is 59.3 Å². The van der Waals surface area contributed by atoms with Crippen LogP contribution < -0.4 is 0 Å². The molecule has 4 heterocycles. The Hall–Kier alpha value is -2.94. The van der Waals surface area contributed by atoms with Crippen LogP contribution in [0, 0.1) is 17.2 Å². The number of rotatable bonds is 4. The van der Waals surface area contributed by atoms with Gasteiger partial charge in [0.15, 0.2) is 0 Å². The van der Waals surface area contributed by atoms with Crippen LogP contribution in [0.3, 0.4) is 0 Å². The predicted octanol–water partition coefficient (Wildman–Crippen LogP) is 5.65. The molecule has 0 saturated carbocycles. The average Bonchev–Trinajstić information content (AvgIpc) is 3.42. The third-order valence-electron chi connectivity index (χ3n) is 6.09. The van der Waals surface area contributed by atoms with Crippen LogP contribution in [0.4, 0.5) is 0 Å². The average molecular weight is 413 g/mol. The minimum absolute atomic E-state index is 0.651. The van der Waals surface area contributed by atoms with E-state index >= 15 is 0 Å². The third-order valence-corrected chi connectivity index (χ3v) is 6.77. The van der Waals surface area contributed by atoms with Crippen LogP contribution in [0.2, 0.25) is 0 Å². The molecule has 5 rings (SSSR count). The lowest BCUT2D eigenvalue weighted by Gasteiger charge is -2.30. The topological polar surface area (TPSA) is 44.9 Å². The normalized spacial score (nSPS) is 17.3. The molecule has 1 saturated heterocycles. The van der Waals surface area contributed by atoms with Crippen LogP contribution >= 0.6 is 11.3 Å². The molecule has 0 radical (unpaired) electrons. The maximum Gasteiger partial charge on any atom is 0.0991 e. The van der Waals surface area contributed by atoms with Gasteiger partial charge in [0.1, 0.15) is 0 Å². The van der Waals surface area contributed by atoms with Gasteiger partial charge in [-0.15, -0.1) is 0 Å². The summed E-state index contributed by atoms with van der Waals surface area (Å²) in [6.07, 6.45) is 8.64. The number of aromatic nitrogens is 2. The summed E-state index contributed by atoms with van der Waals surface area (Å²) >= 11 is 1.70. The van der Waals surface area contributed by atoms with Crippen LogP contribution in [0.15, 0.2) is 59.7 Å². The van der Waals surface area contributed by atoms with E-state index in [0.29, 0.717) is 11.5 Å². The zero-order valence-corrected chi connectivity index (χ0v) is 17.9. The fourth-order valence-electron chi connectivity index (χ4n) is 4.62. The van der Waals surface area contributed by atoms with Crippen LogP contribution in [0.5, 0.6) is 0 Å². The maximum absolute atomic E-state index is 9.45. The molecule has 0 spiro atoms. The number of nitriles is 1. The highest BCUT2D eigenvalue weighted by Gasteiger charge is 2.20. The van der Waals surface area contributed by atoms with Gasteiger partial charge in [-0.1, -0.05) is 0 Å². The lowest BCUT2D eigenvalue weighted by molar-refractivity contribution is 0.196. The highest BCUT2D eigenvalue weighted by atomic mass is 32.1. The van der Waals surface area contributed by atoms with Gasteiger partial charge in [-0.05, 0) is 79.0 Å². The number of hydrogen-bond donors (Lipinski definition) is 0. The molecule has 4 nitrogen and oxygen atoms in total. The molecule has 1 aliphatic heterocycles. The first-order valence-corrected chi connectivity index (χ1v) is 11.3. The van der Waals surface area contributed by atoms with Crippen molar-refractivity contribution in [3.05, 3.63) is 65.2 Å². The minimum atomic E-state index is 0.651. The summed E-state index contributed by atoms with van der Waals surface area (Å²) in [5.41, 5.74) is 6.45. The third kappa shape index (κ3) is 3.65. The van der Waals surface area contributed by atoms with Gasteiger partial charge in [-0.2, -0.15) is 16.6 Å². The molecule has 5 heteroatoms. The van der Waals surface area contributed by atoms with E-state index in [1.165, 1.54) is 30.5 Å². The van der Waals surface area contributed by atoms with Gasteiger partial charge in [0.25, 0.3) is 0 Å². The van der Waals surface area contributed by atoms with Gasteiger partial charge >= 0.3 is 0 Å². The SMILES string of the molecule is CN1CCCC(Cn2cc(-c3cncc(-c4ccsc4)c3)c3cc(C#N)ccc32)C1. The van der Waals surface area contributed by atoms with Crippen molar-refractivity contribution in [2.24, 2.45) is 5.92 Å². The molecule has 0 bridgehead atoms. The molecule has 0 aliphatic carbocycles. The molecule has 1 aliphatic rings. The quantitative estimate of drug-likeness (QED) is 0.435. The first-order valence-electron chi connectivity index (χ1n) is 10.4. The molecule has 4 aromatic rings. The Kier molecular flexibility index (Phi) is 5.12. The minimum Gasteiger partial charge on any atom is -0.347 e. The van der Waals surface area contributed by atoms with Crippen molar-refractivity contribution in [1.82, 2.24) is 14.5 Å². The van der Waals surface area contributed by atoms with Crippen molar-refractivity contribution in [2.45, 2.75) is 19.4 Å². The zero-order chi connectivity index (χ0) is 20.5. The van der Waals surface area contributed by atoms with E-state index in [1.807, 2.05) is 24.5 Å². The van der Waals surface area contributed by atoms with Crippen molar-refractivity contribution in [1.29, 1.82) is 5.26 Å². The second-order valence-corrected chi connectivity index (χ2v) is 9.06. The largest absolute Gasteiger partial charge is 0.347 e. The lowest BCUT2D eigenvalue weighted by atomic mass is 9.98. The fourth-order valence-corrected chi connectivity index (χ4v) is 5.29. The van der Waals surface area contributed by atoms with E-state index in [2.05, 4.69) is 62.7 Å². The Bertz CT molecular complexity index is 1220. The van der Waals surface area contributed by atoms with E-state index in [1.54, 1.807) is 11.3 Å². The second-order valence-electron chi connectivity index (χ2n) is 8.28. The van der Waals surface area contributed by atoms with Crippen molar-refractivity contribution in [3.63, 3.8) is 0 Å². The Morgan fingerprint density at radius 3 is 2.87 bits per heavy atom. The number of piperidine rings is 1. The van der Waals surface area contributed by atoms with E-state index in [-0.39, 0.29) is 0 Å². The lowest BCUT2D eigenvalue weighted by Crippen LogP contribution is -2.33. The number of benzene rings is 1. The van der Waals surface area contributed by atoms with Crippen molar-refractivity contribution >= 4 is 22.2 Å². The predicted molar refractivity (Wildman–Crippen MR) is 123 cm³/mol. The molecule has 30 heavy (non-hydrogen) atoms. The molecule has 1 aromatic carbocycles. The Morgan fingerprint density at radius 1 is 1.17 bits per heavy atom. The van der Waals surface area contributed by atoms with E-state index in [0.717, 1.165) is 35.2 Å². The van der Waals surface area contributed by atoms with Crippen LogP contribution in [0.1, 0.15) is 18.4 Å². The summed E-state index contributed by atoms with van der Waals surface area (Å²) in [6.45, 7) is 3.34. The van der Waals surface area contributed by atoms with Gasteiger partial charge in [-0.3, -0.25) is 4.98 Å². The number of pyridine rings is 1. The number of likely N-dealkylation sites (tertiary alicyclic amines) is 1. The summed E-state index contributed by atoms with van der Waals surface area (Å²) in [7, 11) is 2.21. The van der Waals surface area contributed by atoms with E-state index < -0.39 is 0 Å². The molecule has 0 amide bonds. The Morgan fingerprint density at radius 2 is 2.07 bits per heavy atom. The summed E-state index contributed by atoms with van der Waals surface area (Å²) < 4.78 is 2.38. The molecule has 1 unspecified atom stereocenters. The smallest absolute Gasteiger partial charge is 0.0991 e. The summed E-state index contributed by atoms with van der Waals surface area (Å²) in [6, 6.07) is 12.7. The molecular formula is C25H24N4S. The van der Waals surface area contributed by atoms with E-state index in [4.69, 9.17) is 0 Å². The van der Waals surface area contributed by atoms with Crippen LogP contribution in [0.25, 0.3) is 33.2 Å². The summed E-state index contributed by atoms with van der Waals surface area (Å²) in [5, 5.41) is 14.8. The number of thiophene rings is 1.